The molecule has 8 heteroatoms. The zero-order valence-electron chi connectivity index (χ0n) is 10.7. The van der Waals surface area contributed by atoms with Crippen LogP contribution in [0.2, 0.25) is 0 Å². The van der Waals surface area contributed by atoms with Crippen LogP contribution in [0.15, 0.2) is 12.4 Å². The average Bonchev–Trinajstić information content (AvgIpc) is 3.05. The second-order valence-electron chi connectivity index (χ2n) is 3.91. The zero-order chi connectivity index (χ0) is 13.7. The van der Waals surface area contributed by atoms with E-state index < -0.39 is 0 Å². The second kappa shape index (κ2) is 6.39. The summed E-state index contributed by atoms with van der Waals surface area (Å²) in [5, 5.41) is 11.3. The quantitative estimate of drug-likeness (QED) is 0.786. The van der Waals surface area contributed by atoms with E-state index in [2.05, 4.69) is 27.5 Å². The average molecular weight is 280 g/mol. The Kier molecular flexibility index (Phi) is 4.58. The molecule has 7 nitrogen and oxygen atoms in total. The highest BCUT2D eigenvalue weighted by Gasteiger charge is 2.11. The molecule has 0 aliphatic rings. The van der Waals surface area contributed by atoms with E-state index >= 15 is 0 Å². The molecule has 0 saturated heterocycles. The monoisotopic (exact) mass is 280 g/mol. The fourth-order valence-electron chi connectivity index (χ4n) is 1.48. The number of amides is 1. The van der Waals surface area contributed by atoms with Gasteiger partial charge in [-0.05, 0) is 6.42 Å². The van der Waals surface area contributed by atoms with E-state index in [1.54, 1.807) is 22.2 Å². The molecule has 0 spiro atoms. The predicted molar refractivity (Wildman–Crippen MR) is 71.7 cm³/mol. The van der Waals surface area contributed by atoms with Crippen molar-refractivity contribution >= 4 is 17.2 Å². The van der Waals surface area contributed by atoms with Gasteiger partial charge < -0.3 is 11.1 Å². The summed E-state index contributed by atoms with van der Waals surface area (Å²) in [4.78, 5) is 17.3. The molecule has 0 atom stereocenters. The van der Waals surface area contributed by atoms with Gasteiger partial charge in [0.2, 0.25) is 0 Å². The van der Waals surface area contributed by atoms with Gasteiger partial charge >= 0.3 is 0 Å². The summed E-state index contributed by atoms with van der Waals surface area (Å²) in [5.41, 5.74) is 5.69. The molecule has 0 saturated carbocycles. The molecule has 0 unspecified atom stereocenters. The smallest absolute Gasteiger partial charge is 0.273 e. The predicted octanol–water partition coefficient (Wildman–Crippen LogP) is 0.186. The van der Waals surface area contributed by atoms with Crippen LogP contribution in [-0.4, -0.2) is 32.4 Å². The molecule has 0 aromatic carbocycles. The molecule has 0 fully saturated rings. The number of hydrogen-bond acceptors (Lipinski definition) is 6. The number of nitrogens with two attached hydrogens (primary N) is 1. The summed E-state index contributed by atoms with van der Waals surface area (Å²) in [6.07, 6.45) is 4.38. The summed E-state index contributed by atoms with van der Waals surface area (Å²) in [6, 6.07) is 0. The van der Waals surface area contributed by atoms with Crippen molar-refractivity contribution in [1.82, 2.24) is 25.3 Å². The second-order valence-corrected chi connectivity index (χ2v) is 5.11. The van der Waals surface area contributed by atoms with Crippen LogP contribution < -0.4 is 11.1 Å². The van der Waals surface area contributed by atoms with E-state index in [4.69, 9.17) is 5.73 Å². The maximum absolute atomic E-state index is 11.8. The Morgan fingerprint density at radius 3 is 3.11 bits per heavy atom. The van der Waals surface area contributed by atoms with E-state index in [1.165, 1.54) is 4.88 Å². The van der Waals surface area contributed by atoms with Crippen LogP contribution in [0.1, 0.15) is 27.3 Å². The van der Waals surface area contributed by atoms with Crippen LogP contribution in [0.3, 0.4) is 0 Å². The lowest BCUT2D eigenvalue weighted by molar-refractivity contribution is 0.0946. The highest BCUT2D eigenvalue weighted by Crippen LogP contribution is 2.12. The third-order valence-electron chi connectivity index (χ3n) is 2.48. The topological polar surface area (TPSA) is 98.7 Å². The highest BCUT2D eigenvalue weighted by atomic mass is 32.1. The number of hydrogen-bond donors (Lipinski definition) is 2. The van der Waals surface area contributed by atoms with E-state index in [1.807, 2.05) is 6.20 Å². The Morgan fingerprint density at radius 1 is 1.58 bits per heavy atom. The Morgan fingerprint density at radius 2 is 2.42 bits per heavy atom. The summed E-state index contributed by atoms with van der Waals surface area (Å²) in [7, 11) is 0. The van der Waals surface area contributed by atoms with Crippen LogP contribution in [0.25, 0.3) is 0 Å². The van der Waals surface area contributed by atoms with Crippen molar-refractivity contribution in [3.05, 3.63) is 28.0 Å². The highest BCUT2D eigenvalue weighted by molar-refractivity contribution is 7.11. The zero-order valence-corrected chi connectivity index (χ0v) is 11.5. The normalized spacial score (nSPS) is 10.6. The van der Waals surface area contributed by atoms with Crippen LogP contribution >= 0.6 is 11.3 Å². The van der Waals surface area contributed by atoms with E-state index in [-0.39, 0.29) is 5.91 Å². The van der Waals surface area contributed by atoms with Gasteiger partial charge in [0.15, 0.2) is 5.69 Å². The molecule has 3 N–H and O–H groups in total. The van der Waals surface area contributed by atoms with Gasteiger partial charge in [0.25, 0.3) is 5.91 Å². The number of nitrogens with zero attached hydrogens (tertiary/aromatic N) is 4. The first-order valence-electron chi connectivity index (χ1n) is 6.05. The molecule has 0 radical (unpaired) electrons. The molecule has 2 aromatic rings. The number of carbonyl (C=O) groups is 1. The first-order valence-corrected chi connectivity index (χ1v) is 6.86. The fraction of sp³-hybridized carbons (Fsp3) is 0.455. The SMILES string of the molecule is CCc1cnc(CNC(=O)c2cn(CCN)nn2)s1. The molecule has 0 bridgehead atoms. The van der Waals surface area contributed by atoms with Crippen molar-refractivity contribution in [3.63, 3.8) is 0 Å². The summed E-state index contributed by atoms with van der Waals surface area (Å²) < 4.78 is 1.55. The molecular weight excluding hydrogens is 264 g/mol. The Balaban J connectivity index is 1.89. The van der Waals surface area contributed by atoms with Gasteiger partial charge in [-0.1, -0.05) is 12.1 Å². The minimum atomic E-state index is -0.253. The lowest BCUT2D eigenvalue weighted by Gasteiger charge is -1.98. The third-order valence-corrected chi connectivity index (χ3v) is 3.62. The van der Waals surface area contributed by atoms with Crippen molar-refractivity contribution < 1.29 is 4.79 Å². The van der Waals surface area contributed by atoms with Gasteiger partial charge in [-0.25, -0.2) is 4.98 Å². The number of rotatable bonds is 6. The lowest BCUT2D eigenvalue weighted by Crippen LogP contribution is -2.23. The van der Waals surface area contributed by atoms with Crippen molar-refractivity contribution in [2.24, 2.45) is 5.73 Å². The minimum absolute atomic E-state index is 0.253. The molecule has 19 heavy (non-hydrogen) atoms. The minimum Gasteiger partial charge on any atom is -0.344 e. The lowest BCUT2D eigenvalue weighted by atomic mass is 10.4. The summed E-state index contributed by atoms with van der Waals surface area (Å²) in [5.74, 6) is -0.253. The van der Waals surface area contributed by atoms with E-state index in [9.17, 15) is 4.79 Å². The summed E-state index contributed by atoms with van der Waals surface area (Å²) in [6.45, 7) is 3.49. The molecular formula is C11H16N6OS. The van der Waals surface area contributed by atoms with Crippen LogP contribution in [0.5, 0.6) is 0 Å². The van der Waals surface area contributed by atoms with E-state index in [0.29, 0.717) is 25.3 Å². The van der Waals surface area contributed by atoms with Crippen LogP contribution in [0, 0.1) is 0 Å². The summed E-state index contributed by atoms with van der Waals surface area (Å²) >= 11 is 1.60. The van der Waals surface area contributed by atoms with Crippen molar-refractivity contribution in [2.45, 2.75) is 26.4 Å². The van der Waals surface area contributed by atoms with Crippen molar-refractivity contribution in [1.29, 1.82) is 0 Å². The largest absolute Gasteiger partial charge is 0.344 e. The number of aromatic nitrogens is 4. The van der Waals surface area contributed by atoms with Gasteiger partial charge in [0, 0.05) is 17.6 Å². The van der Waals surface area contributed by atoms with Gasteiger partial charge in [-0.2, -0.15) is 0 Å². The molecule has 0 aliphatic heterocycles. The number of carbonyl (C=O) groups excluding carboxylic acids is 1. The molecule has 2 aromatic heterocycles. The van der Waals surface area contributed by atoms with Crippen molar-refractivity contribution in [3.8, 4) is 0 Å². The van der Waals surface area contributed by atoms with Gasteiger partial charge in [-0.3, -0.25) is 9.48 Å². The third kappa shape index (κ3) is 3.58. The van der Waals surface area contributed by atoms with Crippen molar-refractivity contribution in [2.75, 3.05) is 6.54 Å². The van der Waals surface area contributed by atoms with Crippen LogP contribution in [-0.2, 0) is 19.5 Å². The van der Waals surface area contributed by atoms with E-state index in [0.717, 1.165) is 11.4 Å². The Bertz CT molecular complexity index is 549. The molecule has 0 aliphatic carbocycles. The number of nitrogens with one attached hydrogen (secondary N) is 1. The van der Waals surface area contributed by atoms with Crippen LogP contribution in [0.4, 0.5) is 0 Å². The maximum Gasteiger partial charge on any atom is 0.273 e. The standard InChI is InChI=1S/C11H16N6OS/c1-2-8-5-13-10(19-8)6-14-11(18)9-7-17(4-3-12)16-15-9/h5,7H,2-4,6,12H2,1H3,(H,14,18). The number of aryl methyl sites for hydroxylation is 1. The Hall–Kier alpha value is -1.80. The fourth-order valence-corrected chi connectivity index (χ4v) is 2.29. The van der Waals surface area contributed by atoms with Gasteiger partial charge in [-0.15, -0.1) is 16.4 Å². The maximum atomic E-state index is 11.8. The van der Waals surface area contributed by atoms with Gasteiger partial charge in [0.1, 0.15) is 5.01 Å². The molecule has 102 valence electrons. The molecule has 2 heterocycles. The first kappa shape index (κ1) is 13.6. The Labute approximate surface area is 114 Å². The van der Waals surface area contributed by atoms with Gasteiger partial charge in [0.05, 0.1) is 19.3 Å². The molecule has 1 amide bonds. The number of thiazole rings is 1. The first-order chi connectivity index (χ1) is 9.22. The molecule has 2 rings (SSSR count).